The second-order valence-corrected chi connectivity index (χ2v) is 30.7. The van der Waals surface area contributed by atoms with Gasteiger partial charge in [-0.1, -0.05) is 287 Å². The number of furan rings is 1. The van der Waals surface area contributed by atoms with Crippen molar-refractivity contribution in [3.63, 3.8) is 0 Å². The van der Waals surface area contributed by atoms with Crippen molar-refractivity contribution in [2.75, 3.05) is 9.80 Å². The van der Waals surface area contributed by atoms with E-state index < -0.39 is 16.2 Å². The zero-order valence-electron chi connectivity index (χ0n) is 57.7. The topological polar surface area (TPSA) is 19.6 Å². The van der Waals surface area contributed by atoms with E-state index >= 15 is 0 Å². The maximum absolute atomic E-state index is 7.03. The van der Waals surface area contributed by atoms with E-state index in [2.05, 4.69) is 375 Å². The molecule has 0 N–H and O–H groups in total. The molecule has 2 spiro atoms. The molecule has 0 saturated heterocycles. The summed E-state index contributed by atoms with van der Waals surface area (Å²) in [5.41, 5.74) is 37.7. The number of nitrogens with zero attached hydrogens (tertiary/aromatic N) is 2. The van der Waals surface area contributed by atoms with Gasteiger partial charge in [0.05, 0.1) is 26.9 Å². The number of anilines is 6. The predicted molar refractivity (Wildman–Crippen MR) is 437 cm³/mol. The molecule has 0 atom stereocenters. The summed E-state index contributed by atoms with van der Waals surface area (Å²) in [5.74, 6) is 0. The lowest BCUT2D eigenvalue weighted by Gasteiger charge is -2.32. The minimum atomic E-state index is -0.515. The summed E-state index contributed by atoms with van der Waals surface area (Å²) in [4.78, 5) is 5.01. The van der Waals surface area contributed by atoms with Gasteiger partial charge in [0, 0.05) is 54.4 Å². The van der Waals surface area contributed by atoms with Crippen LogP contribution < -0.4 is 9.80 Å². The molecule has 16 aromatic carbocycles. The number of fused-ring (bicyclic) bond motifs is 29. The Morgan fingerprint density at radius 1 is 0.257 bits per heavy atom. The Balaban J connectivity index is 0.667. The molecule has 0 radical (unpaired) electrons. The number of hydrogen-bond acceptors (Lipinski definition) is 4. The molecular weight excluding hydrogens is 1290 g/mol. The van der Waals surface area contributed by atoms with Crippen molar-refractivity contribution >= 4 is 87.6 Å². The van der Waals surface area contributed by atoms with E-state index in [-0.39, 0.29) is 0 Å². The number of rotatable bonds is 8. The molecule has 23 rings (SSSR count). The molecule has 0 fully saturated rings. The van der Waals surface area contributed by atoms with Crippen molar-refractivity contribution in [3.05, 3.63) is 407 Å². The van der Waals surface area contributed by atoms with Crippen LogP contribution in [0.3, 0.4) is 0 Å². The SMILES string of the molecule is CC1(C)c2cc(N(c3ccc4c(c3)C3(c5ccccc5-c5ccccc53)c3ccccc3-4)c3cccc4c3oc3ccccc34)ccc2-c2cccc(-c3ccc4sc5c(N(c6ccc(-c7ccccc7)cc6)c6ccc7c(c6)C6(c8ccccc8-c8ccccc86)c6ccccc6-7)cccc5c4c3)c21. The summed E-state index contributed by atoms with van der Waals surface area (Å²) in [7, 11) is 0. The van der Waals surface area contributed by atoms with Crippen LogP contribution in [0.5, 0.6) is 0 Å². The maximum atomic E-state index is 7.03. The molecule has 4 heteroatoms. The van der Waals surface area contributed by atoms with Crippen molar-refractivity contribution in [2.24, 2.45) is 0 Å². The molecule has 5 aliphatic rings. The van der Waals surface area contributed by atoms with E-state index in [1.807, 2.05) is 11.3 Å². The number of hydrogen-bond donors (Lipinski definition) is 0. The number of para-hydroxylation sites is 2. The average Bonchev–Trinajstić information content (AvgIpc) is 1.51. The van der Waals surface area contributed by atoms with Crippen LogP contribution in [0.15, 0.2) is 356 Å². The largest absolute Gasteiger partial charge is 0.454 e. The van der Waals surface area contributed by atoms with E-state index in [0.717, 1.165) is 56.1 Å². The number of benzene rings is 16. The Labute approximate surface area is 613 Å². The van der Waals surface area contributed by atoms with E-state index in [9.17, 15) is 0 Å². The molecule has 490 valence electrons. The Bertz CT molecular complexity index is 6660. The molecule has 0 unspecified atom stereocenters. The lowest BCUT2D eigenvalue weighted by atomic mass is 9.70. The normalized spacial score (nSPS) is 14.2. The van der Waals surface area contributed by atoms with Crippen LogP contribution in [-0.4, -0.2) is 0 Å². The van der Waals surface area contributed by atoms with E-state index in [1.54, 1.807) is 0 Å². The Morgan fingerprint density at radius 3 is 1.20 bits per heavy atom. The summed E-state index contributed by atoms with van der Waals surface area (Å²) in [6, 6.07) is 133. The third kappa shape index (κ3) is 7.83. The lowest BCUT2D eigenvalue weighted by molar-refractivity contribution is 0.662. The summed E-state index contributed by atoms with van der Waals surface area (Å²) in [5, 5.41) is 4.69. The highest BCUT2D eigenvalue weighted by Crippen LogP contribution is 2.66. The summed E-state index contributed by atoms with van der Waals surface area (Å²) in [6.07, 6.45) is 0. The fourth-order valence-corrected chi connectivity index (χ4v) is 21.2. The van der Waals surface area contributed by atoms with Crippen molar-refractivity contribution in [3.8, 4) is 77.9 Å². The standard InChI is InChI=1S/C101H64N2OS/c1-99(2)89-58-65(103(92-42-21-34-80-78-31-12-19-44-94(78)104-97(80)92)67-51-54-76-74-30-11-18-41-88(74)101(91(76)60-67)85-38-15-8-27-71(85)72-28-9-16-39-86(72)101)52-55-77(89)79-33-20-32-68(96(79)99)63-47-56-95-82(57-63)81-35-22-43-93(98(81)105-95)102(64-48-45-62(46-49-64)61-23-4-3-5-24-61)66-50-53-75-73-29-10-17-40-87(73)100(90(75)59-66)83-36-13-6-25-69(83)70-26-7-14-37-84(70)100/h3-60H,1-2H3. The van der Waals surface area contributed by atoms with Crippen molar-refractivity contribution < 1.29 is 4.42 Å². The van der Waals surface area contributed by atoms with Crippen LogP contribution in [0.1, 0.15) is 69.5 Å². The minimum Gasteiger partial charge on any atom is -0.454 e. The van der Waals surface area contributed by atoms with Gasteiger partial charge in [-0.2, -0.15) is 0 Å². The number of thiophene rings is 1. The lowest BCUT2D eigenvalue weighted by Crippen LogP contribution is -2.26. The van der Waals surface area contributed by atoms with Gasteiger partial charge < -0.3 is 14.2 Å². The van der Waals surface area contributed by atoms with Gasteiger partial charge in [-0.15, -0.1) is 11.3 Å². The molecule has 3 nitrogen and oxygen atoms in total. The van der Waals surface area contributed by atoms with Gasteiger partial charge in [0.2, 0.25) is 0 Å². The second-order valence-electron chi connectivity index (χ2n) is 29.6. The van der Waals surface area contributed by atoms with E-state index in [1.165, 1.54) is 154 Å². The quantitative estimate of drug-likeness (QED) is 0.151. The van der Waals surface area contributed by atoms with Crippen LogP contribution in [-0.2, 0) is 16.2 Å². The second kappa shape index (κ2) is 21.6. The third-order valence-corrected chi connectivity index (χ3v) is 25.5. The summed E-state index contributed by atoms with van der Waals surface area (Å²) in [6.45, 7) is 4.88. The zero-order valence-corrected chi connectivity index (χ0v) is 58.5. The molecule has 5 aliphatic carbocycles. The Morgan fingerprint density at radius 2 is 0.648 bits per heavy atom. The molecule has 105 heavy (non-hydrogen) atoms. The van der Waals surface area contributed by atoms with Crippen LogP contribution in [0.2, 0.25) is 0 Å². The minimum absolute atomic E-state index is 0.400. The fraction of sp³-hybridized carbons (Fsp3) is 0.0495. The van der Waals surface area contributed by atoms with Gasteiger partial charge in [0.1, 0.15) is 5.58 Å². The molecule has 0 saturated carbocycles. The van der Waals surface area contributed by atoms with Gasteiger partial charge >= 0.3 is 0 Å². The van der Waals surface area contributed by atoms with Gasteiger partial charge in [-0.25, -0.2) is 0 Å². The van der Waals surface area contributed by atoms with Gasteiger partial charge in [0.15, 0.2) is 5.58 Å². The Hall–Kier alpha value is -12.9. The third-order valence-electron chi connectivity index (χ3n) is 24.3. The van der Waals surface area contributed by atoms with Crippen molar-refractivity contribution in [2.45, 2.75) is 30.1 Å². The molecule has 18 aromatic rings. The van der Waals surface area contributed by atoms with Crippen LogP contribution in [0.4, 0.5) is 34.1 Å². The highest BCUT2D eigenvalue weighted by Gasteiger charge is 2.54. The predicted octanol–water partition coefficient (Wildman–Crippen LogP) is 27.2. The van der Waals surface area contributed by atoms with Crippen molar-refractivity contribution in [1.82, 2.24) is 0 Å². The molecule has 2 heterocycles. The molecule has 0 aliphatic heterocycles. The first-order valence-corrected chi connectivity index (χ1v) is 37.4. The average molecular weight is 1350 g/mol. The van der Waals surface area contributed by atoms with Gasteiger partial charge in [-0.05, 0) is 212 Å². The van der Waals surface area contributed by atoms with Crippen molar-refractivity contribution in [1.29, 1.82) is 0 Å². The highest BCUT2D eigenvalue weighted by atomic mass is 32.1. The van der Waals surface area contributed by atoms with Gasteiger partial charge in [-0.3, -0.25) is 0 Å². The molecular formula is C101H64N2OS. The Kier molecular flexibility index (Phi) is 12.1. The van der Waals surface area contributed by atoms with Crippen LogP contribution in [0, 0.1) is 0 Å². The first-order valence-electron chi connectivity index (χ1n) is 36.6. The molecule has 0 amide bonds. The molecule has 2 aromatic heterocycles. The van der Waals surface area contributed by atoms with Gasteiger partial charge in [0.25, 0.3) is 0 Å². The first kappa shape index (κ1) is 58.7. The summed E-state index contributed by atoms with van der Waals surface area (Å²) < 4.78 is 9.53. The van der Waals surface area contributed by atoms with E-state index in [0.29, 0.717) is 0 Å². The molecule has 0 bridgehead atoms. The van der Waals surface area contributed by atoms with Crippen LogP contribution in [0.25, 0.3) is 120 Å². The monoisotopic (exact) mass is 1350 g/mol. The smallest absolute Gasteiger partial charge is 0.159 e. The zero-order chi connectivity index (χ0) is 69.0. The highest BCUT2D eigenvalue weighted by molar-refractivity contribution is 7.26. The van der Waals surface area contributed by atoms with Crippen LogP contribution >= 0.6 is 11.3 Å². The summed E-state index contributed by atoms with van der Waals surface area (Å²) >= 11 is 1.89. The maximum Gasteiger partial charge on any atom is 0.159 e. The fourth-order valence-electron chi connectivity index (χ4n) is 20.0. The van der Waals surface area contributed by atoms with E-state index in [4.69, 9.17) is 4.42 Å². The first-order chi connectivity index (χ1) is 51.8.